The molecule has 1 radical (unpaired) electrons. The van der Waals surface area contributed by atoms with Gasteiger partial charge in [0, 0.05) is 14.7 Å². The van der Waals surface area contributed by atoms with E-state index in [1.165, 1.54) is 5.56 Å². The molecular weight excluding hydrogens is 252 g/mol. The first kappa shape index (κ1) is 16.2. The van der Waals surface area contributed by atoms with Crippen molar-refractivity contribution in [1.29, 1.82) is 0 Å². The molecule has 1 aromatic carbocycles. The van der Waals surface area contributed by atoms with Gasteiger partial charge in [0.25, 0.3) is 0 Å². The molecule has 0 amide bonds. The fourth-order valence-electron chi connectivity index (χ4n) is 1.96. The molecule has 3 heteroatoms. The van der Waals surface area contributed by atoms with Gasteiger partial charge >= 0.3 is 0 Å². The second-order valence-electron chi connectivity index (χ2n) is 5.28. The molecule has 19 heavy (non-hydrogen) atoms. The van der Waals surface area contributed by atoms with E-state index in [4.69, 9.17) is 0 Å². The van der Waals surface area contributed by atoms with E-state index in [0.717, 1.165) is 12.5 Å². The second-order valence-corrected chi connectivity index (χ2v) is 8.10. The molecule has 2 atom stereocenters. The average Bonchev–Trinajstić information content (AvgIpc) is 2.42. The molecular formula is C16H25O2Si. The molecule has 0 unspecified atom stereocenters. The zero-order chi connectivity index (χ0) is 14.1. The highest BCUT2D eigenvalue weighted by Crippen LogP contribution is 2.13. The standard InChI is InChI=1S/C16H25O2Si/c1-19(2)12-6-9-15(13-17)16(18)11-10-14-7-4-3-5-8-14/h3-9,15-18H,10-13H2,1-2H3/b9-6-/t15-,16+/m0/s1. The van der Waals surface area contributed by atoms with Crippen molar-refractivity contribution in [3.05, 3.63) is 48.0 Å². The van der Waals surface area contributed by atoms with Crippen LogP contribution >= 0.6 is 0 Å². The van der Waals surface area contributed by atoms with Gasteiger partial charge < -0.3 is 10.2 Å². The van der Waals surface area contributed by atoms with E-state index in [9.17, 15) is 10.2 Å². The lowest BCUT2D eigenvalue weighted by atomic mass is 9.96. The summed E-state index contributed by atoms with van der Waals surface area (Å²) < 4.78 is 0. The molecule has 1 aromatic rings. The quantitative estimate of drug-likeness (QED) is 0.566. The minimum atomic E-state index is -0.467. The summed E-state index contributed by atoms with van der Waals surface area (Å²) in [5.74, 6) is -0.134. The molecule has 0 saturated heterocycles. The number of benzene rings is 1. The molecule has 2 N–H and O–H groups in total. The van der Waals surface area contributed by atoms with Gasteiger partial charge in [0.15, 0.2) is 0 Å². The third-order valence-electron chi connectivity index (χ3n) is 3.19. The number of aliphatic hydroxyl groups excluding tert-OH is 2. The maximum atomic E-state index is 10.1. The number of aryl methyl sites for hydroxylation is 1. The molecule has 0 aliphatic rings. The Kier molecular flexibility index (Phi) is 7.71. The smallest absolute Gasteiger partial charge is 0.0628 e. The summed E-state index contributed by atoms with van der Waals surface area (Å²) >= 11 is 0. The van der Waals surface area contributed by atoms with Gasteiger partial charge in [-0.05, 0) is 24.4 Å². The van der Waals surface area contributed by atoms with Crippen LogP contribution in [0.3, 0.4) is 0 Å². The fourth-order valence-corrected chi connectivity index (χ4v) is 2.57. The Morgan fingerprint density at radius 2 is 1.89 bits per heavy atom. The summed E-state index contributed by atoms with van der Waals surface area (Å²) in [5.41, 5.74) is 1.23. The number of rotatable bonds is 8. The van der Waals surface area contributed by atoms with Gasteiger partial charge in [-0.3, -0.25) is 0 Å². The van der Waals surface area contributed by atoms with E-state index < -0.39 is 6.10 Å². The van der Waals surface area contributed by atoms with Crippen molar-refractivity contribution in [1.82, 2.24) is 0 Å². The first-order chi connectivity index (χ1) is 9.13. The van der Waals surface area contributed by atoms with Crippen molar-refractivity contribution in [2.24, 2.45) is 5.92 Å². The zero-order valence-corrected chi connectivity index (χ0v) is 12.9. The van der Waals surface area contributed by atoms with E-state index in [1.54, 1.807) is 0 Å². The Labute approximate surface area is 118 Å². The highest BCUT2D eigenvalue weighted by Gasteiger charge is 2.15. The van der Waals surface area contributed by atoms with Crippen LogP contribution in [0.4, 0.5) is 0 Å². The monoisotopic (exact) mass is 277 g/mol. The van der Waals surface area contributed by atoms with Gasteiger partial charge in [0.1, 0.15) is 0 Å². The van der Waals surface area contributed by atoms with Gasteiger partial charge in [-0.25, -0.2) is 0 Å². The molecule has 0 spiro atoms. The first-order valence-electron chi connectivity index (χ1n) is 6.92. The van der Waals surface area contributed by atoms with Crippen LogP contribution in [0.2, 0.25) is 19.1 Å². The normalized spacial score (nSPS) is 15.0. The third-order valence-corrected chi connectivity index (χ3v) is 4.24. The van der Waals surface area contributed by atoms with Gasteiger partial charge in [-0.2, -0.15) is 0 Å². The Balaban J connectivity index is 2.41. The lowest BCUT2D eigenvalue weighted by molar-refractivity contribution is 0.0850. The number of hydrogen-bond acceptors (Lipinski definition) is 2. The van der Waals surface area contributed by atoms with Gasteiger partial charge in [0.05, 0.1) is 12.7 Å². The third kappa shape index (κ3) is 6.71. The molecule has 2 nitrogen and oxygen atoms in total. The summed E-state index contributed by atoms with van der Waals surface area (Å²) in [6.45, 7) is 4.53. The predicted molar refractivity (Wildman–Crippen MR) is 82.8 cm³/mol. The maximum Gasteiger partial charge on any atom is 0.0628 e. The topological polar surface area (TPSA) is 40.5 Å². The molecule has 0 aromatic heterocycles. The maximum absolute atomic E-state index is 10.1. The Morgan fingerprint density at radius 1 is 1.21 bits per heavy atom. The first-order valence-corrected chi connectivity index (χ1v) is 9.62. The van der Waals surface area contributed by atoms with Gasteiger partial charge in [-0.1, -0.05) is 55.6 Å². The Hall–Kier alpha value is -0.903. The summed E-state index contributed by atoms with van der Waals surface area (Å²) in [6.07, 6.45) is 5.16. The highest BCUT2D eigenvalue weighted by atomic mass is 28.3. The van der Waals surface area contributed by atoms with Crippen molar-refractivity contribution in [3.8, 4) is 0 Å². The average molecular weight is 277 g/mol. The largest absolute Gasteiger partial charge is 0.396 e. The minimum Gasteiger partial charge on any atom is -0.396 e. The summed E-state index contributed by atoms with van der Waals surface area (Å²) in [6, 6.07) is 11.2. The summed E-state index contributed by atoms with van der Waals surface area (Å²) in [5, 5.41) is 19.5. The Bertz CT molecular complexity index is 362. The van der Waals surface area contributed by atoms with Crippen LogP contribution in [-0.2, 0) is 6.42 Å². The van der Waals surface area contributed by atoms with Crippen LogP contribution in [0.5, 0.6) is 0 Å². The van der Waals surface area contributed by atoms with E-state index in [0.29, 0.717) is 6.42 Å². The van der Waals surface area contributed by atoms with Crippen molar-refractivity contribution in [3.63, 3.8) is 0 Å². The van der Waals surface area contributed by atoms with Crippen LogP contribution in [-0.4, -0.2) is 31.7 Å². The molecule has 0 fully saturated rings. The second kappa shape index (κ2) is 9.07. The molecule has 0 saturated carbocycles. The molecule has 0 bridgehead atoms. The van der Waals surface area contributed by atoms with E-state index in [2.05, 4.69) is 31.3 Å². The van der Waals surface area contributed by atoms with Crippen LogP contribution in [0.1, 0.15) is 12.0 Å². The van der Waals surface area contributed by atoms with Crippen molar-refractivity contribution < 1.29 is 10.2 Å². The number of hydrogen-bond donors (Lipinski definition) is 2. The van der Waals surface area contributed by atoms with E-state index in [1.807, 2.05) is 24.3 Å². The number of aliphatic hydroxyl groups is 2. The van der Waals surface area contributed by atoms with Gasteiger partial charge in [0.2, 0.25) is 0 Å². The van der Waals surface area contributed by atoms with Gasteiger partial charge in [-0.15, -0.1) is 0 Å². The molecule has 0 heterocycles. The fraction of sp³-hybridized carbons (Fsp3) is 0.500. The molecule has 0 aliphatic heterocycles. The Morgan fingerprint density at radius 3 is 2.47 bits per heavy atom. The van der Waals surface area contributed by atoms with E-state index >= 15 is 0 Å². The number of allylic oxidation sites excluding steroid dienone is 1. The minimum absolute atomic E-state index is 0.0158. The lowest BCUT2D eigenvalue weighted by Gasteiger charge is -2.17. The van der Waals surface area contributed by atoms with Crippen molar-refractivity contribution in [2.75, 3.05) is 6.61 Å². The zero-order valence-electron chi connectivity index (χ0n) is 11.9. The SMILES string of the molecule is C[Si](C)C/C=C\[C@@H](CO)[C@H](O)CCc1ccccc1. The molecule has 105 valence electrons. The lowest BCUT2D eigenvalue weighted by Crippen LogP contribution is -2.22. The van der Waals surface area contributed by atoms with Crippen LogP contribution in [0, 0.1) is 5.92 Å². The van der Waals surface area contributed by atoms with Crippen molar-refractivity contribution in [2.45, 2.75) is 38.1 Å². The summed E-state index contributed by atoms with van der Waals surface area (Å²) in [4.78, 5) is 0. The summed E-state index contributed by atoms with van der Waals surface area (Å²) in [7, 11) is -0.268. The van der Waals surface area contributed by atoms with E-state index in [-0.39, 0.29) is 21.3 Å². The predicted octanol–water partition coefficient (Wildman–Crippen LogP) is 2.90. The molecule has 0 aliphatic carbocycles. The van der Waals surface area contributed by atoms with Crippen molar-refractivity contribution >= 4 is 8.80 Å². The highest BCUT2D eigenvalue weighted by molar-refractivity contribution is 6.56. The van der Waals surface area contributed by atoms with Crippen LogP contribution < -0.4 is 0 Å². The molecule has 1 rings (SSSR count). The van der Waals surface area contributed by atoms with Crippen LogP contribution in [0.25, 0.3) is 0 Å². The van der Waals surface area contributed by atoms with Crippen LogP contribution in [0.15, 0.2) is 42.5 Å².